The van der Waals surface area contributed by atoms with Crippen molar-refractivity contribution in [3.63, 3.8) is 0 Å². The van der Waals surface area contributed by atoms with Gasteiger partial charge in [0.1, 0.15) is 11.5 Å². The van der Waals surface area contributed by atoms with Crippen molar-refractivity contribution in [2.45, 2.75) is 18.4 Å². The minimum absolute atomic E-state index is 0.00717. The molecule has 0 aromatic heterocycles. The van der Waals surface area contributed by atoms with Crippen molar-refractivity contribution in [2.24, 2.45) is 0 Å². The number of rotatable bonds is 9. The van der Waals surface area contributed by atoms with Gasteiger partial charge in [0.2, 0.25) is 15.9 Å². The van der Waals surface area contributed by atoms with Crippen LogP contribution in [-0.4, -0.2) is 34.1 Å². The number of halogens is 2. The maximum atomic E-state index is 12.2. The Balaban J connectivity index is 1.90. The fourth-order valence-electron chi connectivity index (χ4n) is 2.05. The summed E-state index contributed by atoms with van der Waals surface area (Å²) in [5.74, 6) is -0.139. The number of hydrogen-bond acceptors (Lipinski definition) is 5. The lowest BCUT2D eigenvalue weighted by Crippen LogP contribution is -2.32. The maximum absolute atomic E-state index is 12.2. The molecule has 0 bridgehead atoms. The van der Waals surface area contributed by atoms with E-state index < -0.39 is 29.1 Å². The summed E-state index contributed by atoms with van der Waals surface area (Å²) in [4.78, 5) is 11.9. The second-order valence-electron chi connectivity index (χ2n) is 5.18. The number of amides is 1. The predicted molar refractivity (Wildman–Crippen MR) is 94.5 cm³/mol. The number of nitrogens with one attached hydrogen (secondary N) is 2. The molecule has 0 aliphatic carbocycles. The summed E-state index contributed by atoms with van der Waals surface area (Å²) in [6.07, 6.45) is 0. The van der Waals surface area contributed by atoms with Gasteiger partial charge >= 0.3 is 6.61 Å². The van der Waals surface area contributed by atoms with E-state index in [0.717, 1.165) is 0 Å². The van der Waals surface area contributed by atoms with Crippen LogP contribution < -0.4 is 19.5 Å². The Kier molecular flexibility index (Phi) is 7.08. The number of alkyl halides is 2. The highest BCUT2D eigenvalue weighted by molar-refractivity contribution is 7.89. The molecule has 0 aliphatic rings. The highest BCUT2D eigenvalue weighted by Gasteiger charge is 2.15. The Morgan fingerprint density at radius 3 is 2.19 bits per heavy atom. The molecule has 1 amide bonds. The fourth-order valence-corrected chi connectivity index (χ4v) is 3.03. The molecule has 0 saturated heterocycles. The van der Waals surface area contributed by atoms with Gasteiger partial charge in [0, 0.05) is 5.69 Å². The average Bonchev–Trinajstić information content (AvgIpc) is 2.62. The summed E-state index contributed by atoms with van der Waals surface area (Å²) in [6, 6.07) is 11.0. The Hall–Kier alpha value is -2.72. The van der Waals surface area contributed by atoms with E-state index in [1.165, 1.54) is 48.5 Å². The van der Waals surface area contributed by atoms with Gasteiger partial charge in [-0.1, -0.05) is 0 Å². The molecule has 2 rings (SSSR count). The number of ether oxygens (including phenoxy) is 2. The van der Waals surface area contributed by atoms with Gasteiger partial charge in [-0.05, 0) is 55.5 Å². The van der Waals surface area contributed by atoms with Gasteiger partial charge in [0.15, 0.2) is 0 Å². The van der Waals surface area contributed by atoms with Gasteiger partial charge in [-0.2, -0.15) is 8.78 Å². The van der Waals surface area contributed by atoms with Crippen molar-refractivity contribution >= 4 is 21.6 Å². The first-order valence-electron chi connectivity index (χ1n) is 7.87. The molecule has 2 aromatic carbocycles. The van der Waals surface area contributed by atoms with E-state index in [1.807, 2.05) is 6.92 Å². The van der Waals surface area contributed by atoms with Crippen LogP contribution in [0.25, 0.3) is 0 Å². The second kappa shape index (κ2) is 9.28. The molecule has 0 aliphatic heterocycles. The molecular weight excluding hydrogens is 382 g/mol. The summed E-state index contributed by atoms with van der Waals surface area (Å²) < 4.78 is 60.1. The maximum Gasteiger partial charge on any atom is 0.387 e. The SMILES string of the molecule is CCOc1ccc(S(=O)(=O)NCC(=O)Nc2ccc(OC(F)F)cc2)cc1. The first-order chi connectivity index (χ1) is 12.8. The number of anilines is 1. The summed E-state index contributed by atoms with van der Waals surface area (Å²) in [6.45, 7) is -1.17. The van der Waals surface area contributed by atoms with E-state index in [-0.39, 0.29) is 10.6 Å². The Morgan fingerprint density at radius 1 is 1.04 bits per heavy atom. The van der Waals surface area contributed by atoms with Gasteiger partial charge in [0.05, 0.1) is 18.0 Å². The van der Waals surface area contributed by atoms with Crippen LogP contribution in [0, 0.1) is 0 Å². The number of sulfonamides is 1. The summed E-state index contributed by atoms with van der Waals surface area (Å²) in [5.41, 5.74) is 0.307. The molecule has 0 atom stereocenters. The predicted octanol–water partition coefficient (Wildman–Crippen LogP) is 2.60. The topological polar surface area (TPSA) is 93.7 Å². The van der Waals surface area contributed by atoms with E-state index in [2.05, 4.69) is 14.8 Å². The van der Waals surface area contributed by atoms with Crippen LogP contribution in [0.2, 0.25) is 0 Å². The lowest BCUT2D eigenvalue weighted by Gasteiger charge is -2.09. The number of hydrogen-bond donors (Lipinski definition) is 2. The first-order valence-corrected chi connectivity index (χ1v) is 9.35. The van der Waals surface area contributed by atoms with Gasteiger partial charge in [-0.15, -0.1) is 0 Å². The summed E-state index contributed by atoms with van der Waals surface area (Å²) >= 11 is 0. The number of carbonyl (C=O) groups excluding carboxylic acids is 1. The van der Waals surface area contributed by atoms with Crippen molar-refractivity contribution in [2.75, 3.05) is 18.5 Å². The van der Waals surface area contributed by atoms with Crippen molar-refractivity contribution < 1.29 is 31.5 Å². The third-order valence-corrected chi connectivity index (χ3v) is 4.65. The Labute approximate surface area is 155 Å². The van der Waals surface area contributed by atoms with Crippen molar-refractivity contribution in [3.8, 4) is 11.5 Å². The van der Waals surface area contributed by atoms with E-state index in [0.29, 0.717) is 18.0 Å². The highest BCUT2D eigenvalue weighted by atomic mass is 32.2. The molecule has 0 saturated carbocycles. The van der Waals surface area contributed by atoms with Crippen molar-refractivity contribution in [1.82, 2.24) is 4.72 Å². The molecule has 7 nitrogen and oxygen atoms in total. The smallest absolute Gasteiger partial charge is 0.387 e. The molecule has 0 radical (unpaired) electrons. The zero-order chi connectivity index (χ0) is 19.9. The molecule has 0 spiro atoms. The molecule has 0 unspecified atom stereocenters. The molecule has 27 heavy (non-hydrogen) atoms. The molecule has 10 heteroatoms. The van der Waals surface area contributed by atoms with Crippen LogP contribution in [0.5, 0.6) is 11.5 Å². The van der Waals surface area contributed by atoms with E-state index in [9.17, 15) is 22.0 Å². The molecular formula is C17H18F2N2O5S. The van der Waals surface area contributed by atoms with E-state index in [1.54, 1.807) is 0 Å². The first kappa shape index (κ1) is 20.6. The van der Waals surface area contributed by atoms with Crippen LogP contribution in [0.4, 0.5) is 14.5 Å². The molecule has 2 N–H and O–H groups in total. The largest absolute Gasteiger partial charge is 0.494 e. The standard InChI is InChI=1S/C17H18F2N2O5S/c1-2-25-13-7-9-15(10-8-13)27(23,24)20-11-16(22)21-12-3-5-14(6-4-12)26-17(18)19/h3-10,17,20H,2,11H2,1H3,(H,21,22). The van der Waals surface area contributed by atoms with Gasteiger partial charge in [-0.25, -0.2) is 13.1 Å². The zero-order valence-corrected chi connectivity index (χ0v) is 15.1. The van der Waals surface area contributed by atoms with Crippen molar-refractivity contribution in [3.05, 3.63) is 48.5 Å². The second-order valence-corrected chi connectivity index (χ2v) is 6.95. The molecule has 146 valence electrons. The van der Waals surface area contributed by atoms with Crippen LogP contribution in [0.15, 0.2) is 53.4 Å². The van der Waals surface area contributed by atoms with E-state index in [4.69, 9.17) is 4.74 Å². The van der Waals surface area contributed by atoms with Crippen molar-refractivity contribution in [1.29, 1.82) is 0 Å². The van der Waals surface area contributed by atoms with Crippen LogP contribution in [0.1, 0.15) is 6.92 Å². The quantitative estimate of drug-likeness (QED) is 0.675. The number of carbonyl (C=O) groups is 1. The summed E-state index contributed by atoms with van der Waals surface area (Å²) in [5, 5.41) is 2.44. The third kappa shape index (κ3) is 6.50. The molecule has 0 heterocycles. The highest BCUT2D eigenvalue weighted by Crippen LogP contribution is 2.18. The minimum Gasteiger partial charge on any atom is -0.494 e. The van der Waals surface area contributed by atoms with Gasteiger partial charge in [-0.3, -0.25) is 4.79 Å². The van der Waals surface area contributed by atoms with Crippen LogP contribution in [-0.2, 0) is 14.8 Å². The normalized spacial score (nSPS) is 11.3. The number of benzene rings is 2. The third-order valence-electron chi connectivity index (χ3n) is 3.23. The van der Waals surface area contributed by atoms with Crippen LogP contribution in [0.3, 0.4) is 0 Å². The lowest BCUT2D eigenvalue weighted by atomic mass is 10.3. The zero-order valence-electron chi connectivity index (χ0n) is 14.3. The molecule has 0 fully saturated rings. The average molecular weight is 400 g/mol. The summed E-state index contributed by atoms with van der Waals surface area (Å²) in [7, 11) is -3.87. The van der Waals surface area contributed by atoms with Gasteiger partial charge in [0.25, 0.3) is 0 Å². The minimum atomic E-state index is -3.87. The Morgan fingerprint density at radius 2 is 1.63 bits per heavy atom. The van der Waals surface area contributed by atoms with E-state index >= 15 is 0 Å². The lowest BCUT2D eigenvalue weighted by molar-refractivity contribution is -0.115. The monoisotopic (exact) mass is 400 g/mol. The van der Waals surface area contributed by atoms with Gasteiger partial charge < -0.3 is 14.8 Å². The van der Waals surface area contributed by atoms with Crippen LogP contribution >= 0.6 is 0 Å². The fraction of sp³-hybridized carbons (Fsp3) is 0.235. The molecule has 2 aromatic rings. The Bertz CT molecular complexity index is 856.